The zero-order chi connectivity index (χ0) is 13.9. The van der Waals surface area contributed by atoms with Gasteiger partial charge in [-0.2, -0.15) is 0 Å². The standard InChI is InChI=1S/C17H25FN2/c18-16-8-7-13(10-15(16)11-19)12-20-9-3-5-14-4-1-2-6-17(14)20/h7-8,10,14,17H,1-6,9,11-12,19H2/t14-,17-/m1/s1. The summed E-state index contributed by atoms with van der Waals surface area (Å²) in [6.45, 7) is 2.43. The van der Waals surface area contributed by atoms with E-state index in [0.717, 1.165) is 18.5 Å². The van der Waals surface area contributed by atoms with E-state index in [1.54, 1.807) is 6.07 Å². The Bertz CT molecular complexity index is 458. The minimum Gasteiger partial charge on any atom is -0.326 e. The Kier molecular flexibility index (Phi) is 4.37. The number of nitrogens with two attached hydrogens (primary N) is 1. The van der Waals surface area contributed by atoms with Gasteiger partial charge in [-0.3, -0.25) is 4.90 Å². The maximum absolute atomic E-state index is 13.5. The zero-order valence-corrected chi connectivity index (χ0v) is 12.2. The Morgan fingerprint density at radius 1 is 1.15 bits per heavy atom. The lowest BCUT2D eigenvalue weighted by atomic mass is 9.78. The number of hydrogen-bond acceptors (Lipinski definition) is 2. The van der Waals surface area contributed by atoms with Crippen LogP contribution in [0.25, 0.3) is 0 Å². The van der Waals surface area contributed by atoms with Crippen LogP contribution in [-0.4, -0.2) is 17.5 Å². The number of halogens is 1. The van der Waals surface area contributed by atoms with Crippen molar-refractivity contribution in [1.29, 1.82) is 0 Å². The van der Waals surface area contributed by atoms with Gasteiger partial charge in [0.1, 0.15) is 5.82 Å². The average molecular weight is 276 g/mol. The predicted octanol–water partition coefficient (Wildman–Crippen LogP) is 3.44. The first-order valence-electron chi connectivity index (χ1n) is 7.99. The summed E-state index contributed by atoms with van der Waals surface area (Å²) in [5.41, 5.74) is 7.45. The number of hydrogen-bond donors (Lipinski definition) is 1. The third-order valence-electron chi connectivity index (χ3n) is 5.07. The van der Waals surface area contributed by atoms with Gasteiger partial charge in [-0.25, -0.2) is 4.39 Å². The summed E-state index contributed by atoms with van der Waals surface area (Å²) in [6, 6.07) is 6.19. The Morgan fingerprint density at radius 2 is 1.95 bits per heavy atom. The molecule has 20 heavy (non-hydrogen) atoms. The van der Waals surface area contributed by atoms with Crippen LogP contribution in [-0.2, 0) is 13.1 Å². The smallest absolute Gasteiger partial charge is 0.127 e. The molecule has 2 atom stereocenters. The van der Waals surface area contributed by atoms with Crippen molar-refractivity contribution < 1.29 is 4.39 Å². The van der Waals surface area contributed by atoms with E-state index in [2.05, 4.69) is 4.90 Å². The fraction of sp³-hybridized carbons (Fsp3) is 0.647. The fourth-order valence-corrected chi connectivity index (χ4v) is 4.04. The molecule has 3 rings (SSSR count). The van der Waals surface area contributed by atoms with E-state index in [9.17, 15) is 4.39 Å². The second-order valence-corrected chi connectivity index (χ2v) is 6.35. The molecule has 1 aromatic carbocycles. The second-order valence-electron chi connectivity index (χ2n) is 6.35. The van der Waals surface area contributed by atoms with Gasteiger partial charge in [0, 0.05) is 24.7 Å². The van der Waals surface area contributed by atoms with Crippen LogP contribution >= 0.6 is 0 Å². The molecule has 0 spiro atoms. The van der Waals surface area contributed by atoms with Crippen LogP contribution < -0.4 is 5.73 Å². The van der Waals surface area contributed by atoms with Crippen LogP contribution in [0.2, 0.25) is 0 Å². The summed E-state index contributed by atoms with van der Waals surface area (Å²) in [6.07, 6.45) is 8.23. The summed E-state index contributed by atoms with van der Waals surface area (Å²) >= 11 is 0. The van der Waals surface area contributed by atoms with Crippen molar-refractivity contribution in [3.63, 3.8) is 0 Å². The molecule has 1 saturated carbocycles. The van der Waals surface area contributed by atoms with Crippen LogP contribution in [0, 0.1) is 11.7 Å². The fourth-order valence-electron chi connectivity index (χ4n) is 4.04. The minimum atomic E-state index is -0.176. The zero-order valence-electron chi connectivity index (χ0n) is 12.2. The number of likely N-dealkylation sites (tertiary alicyclic amines) is 1. The van der Waals surface area contributed by atoms with Gasteiger partial charge in [0.05, 0.1) is 0 Å². The van der Waals surface area contributed by atoms with Crippen molar-refractivity contribution in [3.8, 4) is 0 Å². The van der Waals surface area contributed by atoms with Crippen LogP contribution in [0.4, 0.5) is 4.39 Å². The number of rotatable bonds is 3. The average Bonchev–Trinajstić information content (AvgIpc) is 2.49. The van der Waals surface area contributed by atoms with Crippen molar-refractivity contribution in [1.82, 2.24) is 4.90 Å². The normalized spacial score (nSPS) is 27.3. The molecule has 3 heteroatoms. The molecule has 1 saturated heterocycles. The Morgan fingerprint density at radius 3 is 2.80 bits per heavy atom. The van der Waals surface area contributed by atoms with E-state index >= 15 is 0 Å². The maximum atomic E-state index is 13.5. The first-order valence-corrected chi connectivity index (χ1v) is 7.99. The monoisotopic (exact) mass is 276 g/mol. The molecule has 0 unspecified atom stereocenters. The molecule has 2 N–H and O–H groups in total. The van der Waals surface area contributed by atoms with Crippen molar-refractivity contribution >= 4 is 0 Å². The van der Waals surface area contributed by atoms with Gasteiger partial charge in [0.2, 0.25) is 0 Å². The van der Waals surface area contributed by atoms with E-state index in [1.165, 1.54) is 50.6 Å². The third-order valence-corrected chi connectivity index (χ3v) is 5.07. The van der Waals surface area contributed by atoms with Gasteiger partial charge in [-0.1, -0.05) is 25.0 Å². The van der Waals surface area contributed by atoms with E-state index < -0.39 is 0 Å². The quantitative estimate of drug-likeness (QED) is 0.916. The molecule has 1 aliphatic carbocycles. The van der Waals surface area contributed by atoms with Crippen molar-refractivity contribution in [2.75, 3.05) is 6.54 Å². The molecule has 1 aliphatic heterocycles. The summed E-state index contributed by atoms with van der Waals surface area (Å²) in [5.74, 6) is 0.720. The Hall–Kier alpha value is -0.930. The van der Waals surface area contributed by atoms with Crippen LogP contribution in [0.15, 0.2) is 18.2 Å². The van der Waals surface area contributed by atoms with E-state index in [1.807, 2.05) is 12.1 Å². The first kappa shape index (κ1) is 14.0. The molecule has 2 nitrogen and oxygen atoms in total. The third kappa shape index (κ3) is 2.89. The van der Waals surface area contributed by atoms with Crippen molar-refractivity contribution in [3.05, 3.63) is 35.1 Å². The molecule has 2 aliphatic rings. The lowest BCUT2D eigenvalue weighted by Gasteiger charge is -2.44. The maximum Gasteiger partial charge on any atom is 0.127 e. The van der Waals surface area contributed by atoms with Crippen LogP contribution in [0.3, 0.4) is 0 Å². The summed E-state index contributed by atoms with van der Waals surface area (Å²) in [5, 5.41) is 0. The molecule has 1 aromatic rings. The summed E-state index contributed by atoms with van der Waals surface area (Å²) in [7, 11) is 0. The van der Waals surface area contributed by atoms with Gasteiger partial charge in [0.15, 0.2) is 0 Å². The Labute approximate surface area is 121 Å². The van der Waals surface area contributed by atoms with Crippen molar-refractivity contribution in [2.24, 2.45) is 11.7 Å². The summed E-state index contributed by atoms with van der Waals surface area (Å²) < 4.78 is 13.5. The van der Waals surface area contributed by atoms with Crippen LogP contribution in [0.1, 0.15) is 49.7 Å². The number of nitrogens with zero attached hydrogens (tertiary/aromatic N) is 1. The van der Waals surface area contributed by atoms with Crippen molar-refractivity contribution in [2.45, 2.75) is 57.7 Å². The van der Waals surface area contributed by atoms with E-state index in [-0.39, 0.29) is 12.4 Å². The highest BCUT2D eigenvalue weighted by molar-refractivity contribution is 5.25. The Balaban J connectivity index is 1.72. The van der Waals surface area contributed by atoms with Crippen LogP contribution in [0.5, 0.6) is 0 Å². The van der Waals surface area contributed by atoms with Gasteiger partial charge in [0.25, 0.3) is 0 Å². The van der Waals surface area contributed by atoms with E-state index in [4.69, 9.17) is 5.73 Å². The van der Waals surface area contributed by atoms with Gasteiger partial charge in [-0.15, -0.1) is 0 Å². The molecule has 0 amide bonds. The highest BCUT2D eigenvalue weighted by atomic mass is 19.1. The molecule has 0 bridgehead atoms. The van der Waals surface area contributed by atoms with Gasteiger partial charge in [-0.05, 0) is 49.8 Å². The molecule has 1 heterocycles. The SMILES string of the molecule is NCc1cc(CN2CCC[C@H]3CCCC[C@H]32)ccc1F. The lowest BCUT2D eigenvalue weighted by Crippen LogP contribution is -2.46. The largest absolute Gasteiger partial charge is 0.326 e. The lowest BCUT2D eigenvalue weighted by molar-refractivity contribution is 0.0547. The topological polar surface area (TPSA) is 29.3 Å². The van der Waals surface area contributed by atoms with Gasteiger partial charge < -0.3 is 5.73 Å². The predicted molar refractivity (Wildman–Crippen MR) is 79.7 cm³/mol. The van der Waals surface area contributed by atoms with Gasteiger partial charge >= 0.3 is 0 Å². The molecule has 2 fully saturated rings. The van der Waals surface area contributed by atoms with E-state index in [0.29, 0.717) is 5.56 Å². The molecule has 0 aromatic heterocycles. The molecular weight excluding hydrogens is 251 g/mol. The second kappa shape index (κ2) is 6.23. The minimum absolute atomic E-state index is 0.176. The molecule has 0 radical (unpaired) electrons. The molecule has 110 valence electrons. The number of piperidine rings is 1. The summed E-state index contributed by atoms with van der Waals surface area (Å²) in [4.78, 5) is 2.63. The number of fused-ring (bicyclic) bond motifs is 1. The first-order chi connectivity index (χ1) is 9.78. The highest BCUT2D eigenvalue weighted by Gasteiger charge is 2.32. The number of benzene rings is 1. The molecular formula is C17H25FN2. The highest BCUT2D eigenvalue weighted by Crippen LogP contribution is 2.35.